The number of piperazine rings is 1. The van der Waals surface area contributed by atoms with Crippen LogP contribution in [0.2, 0.25) is 0 Å². The number of amides is 3. The highest BCUT2D eigenvalue weighted by Crippen LogP contribution is 2.41. The fourth-order valence-corrected chi connectivity index (χ4v) is 10.9. The molecular formula is C47H55BrFN10O4P. The van der Waals surface area contributed by atoms with Crippen molar-refractivity contribution in [3.8, 4) is 16.9 Å². The van der Waals surface area contributed by atoms with Gasteiger partial charge in [-0.25, -0.2) is 9.37 Å². The maximum atomic E-state index is 15.4. The summed E-state index contributed by atoms with van der Waals surface area (Å²) in [5.41, 5.74) is 8.37. The van der Waals surface area contributed by atoms with E-state index in [9.17, 15) is 14.4 Å². The first kappa shape index (κ1) is 45.1. The lowest BCUT2D eigenvalue weighted by molar-refractivity contribution is -0.134. The molecular weight excluding hydrogens is 898 g/mol. The summed E-state index contributed by atoms with van der Waals surface area (Å²) in [6, 6.07) is 13.4. The van der Waals surface area contributed by atoms with E-state index in [2.05, 4.69) is 91.1 Å². The fraction of sp³-hybridized carbons (Fsp3) is 0.404. The molecule has 336 valence electrons. The Labute approximate surface area is 383 Å². The minimum Gasteiger partial charge on any atom is -0.494 e. The Kier molecular flexibility index (Phi) is 13.6. The number of hydrogen-bond donors (Lipinski definition) is 3. The van der Waals surface area contributed by atoms with Crippen molar-refractivity contribution in [2.45, 2.75) is 51.4 Å². The number of nitrogens with one attached hydrogen (secondary N) is 3. The van der Waals surface area contributed by atoms with E-state index < -0.39 is 5.92 Å². The molecule has 3 N–H and O–H groups in total. The van der Waals surface area contributed by atoms with Crippen LogP contribution in [0.1, 0.15) is 59.8 Å². The molecule has 5 aromatic rings. The molecule has 14 nitrogen and oxygen atoms in total. The standard InChI is InChI=1S/C47H55BrFN10O4P/c1-28-7-11-38(44(29(28)2)64(5)6)52-45-36(48)25-50-47(55-45)53-39-22-35(32-24-51-56(3)26-32)40(23-41(39)63-4)58-17-19-59(20-18-58)43(61)27-57-15-13-30(14-16-57)33-9-8-31(21-37(33)49)34-10-12-42(60)54-46(34)62/h7-9,11,21-26,30,34H,10,12-20,27H2,1-6H3,(H,54,60,62)(H2,50,52,53,55). The van der Waals surface area contributed by atoms with Crippen LogP contribution in [0.15, 0.2) is 65.5 Å². The number of hydrogen-bond acceptors (Lipinski definition) is 11. The number of piperidine rings is 2. The third-order valence-corrected chi connectivity index (χ3v) is 14.8. The average molecular weight is 954 g/mol. The first-order valence-electron chi connectivity index (χ1n) is 21.7. The summed E-state index contributed by atoms with van der Waals surface area (Å²) in [5.74, 6) is 0.286. The summed E-state index contributed by atoms with van der Waals surface area (Å²) in [7, 11) is 3.16. The van der Waals surface area contributed by atoms with Gasteiger partial charge >= 0.3 is 0 Å². The zero-order chi connectivity index (χ0) is 45.2. The van der Waals surface area contributed by atoms with Crippen LogP contribution in [0.25, 0.3) is 11.1 Å². The van der Waals surface area contributed by atoms with Gasteiger partial charge in [0.2, 0.25) is 23.7 Å². The topological polar surface area (TPSA) is 150 Å². The van der Waals surface area contributed by atoms with Gasteiger partial charge in [0.05, 0.1) is 35.9 Å². The van der Waals surface area contributed by atoms with Crippen molar-refractivity contribution in [1.82, 2.24) is 34.9 Å². The largest absolute Gasteiger partial charge is 0.494 e. The zero-order valence-electron chi connectivity index (χ0n) is 37.2. The molecule has 1 atom stereocenters. The van der Waals surface area contributed by atoms with Gasteiger partial charge in [-0.3, -0.25) is 29.3 Å². The van der Waals surface area contributed by atoms with Gasteiger partial charge in [0.25, 0.3) is 0 Å². The molecule has 8 rings (SSSR count). The molecule has 2 aromatic heterocycles. The van der Waals surface area contributed by atoms with E-state index in [1.807, 2.05) is 42.5 Å². The van der Waals surface area contributed by atoms with Crippen molar-refractivity contribution in [2.24, 2.45) is 7.05 Å². The Morgan fingerprint density at radius 1 is 0.969 bits per heavy atom. The predicted octanol–water partition coefficient (Wildman–Crippen LogP) is 7.31. The van der Waals surface area contributed by atoms with Crippen molar-refractivity contribution < 1.29 is 23.5 Å². The van der Waals surface area contributed by atoms with Gasteiger partial charge in [-0.15, -0.1) is 0 Å². The maximum Gasteiger partial charge on any atom is 0.236 e. The third-order valence-electron chi connectivity index (χ3n) is 12.8. The van der Waals surface area contributed by atoms with Crippen LogP contribution in [0.5, 0.6) is 5.75 Å². The van der Waals surface area contributed by atoms with Gasteiger partial charge in [0.1, 0.15) is 17.4 Å². The lowest BCUT2D eigenvalue weighted by Crippen LogP contribution is -2.52. The number of nitrogens with zero attached hydrogens (tertiary/aromatic N) is 7. The van der Waals surface area contributed by atoms with Crippen LogP contribution < -0.4 is 30.9 Å². The molecule has 0 spiro atoms. The summed E-state index contributed by atoms with van der Waals surface area (Å²) in [4.78, 5) is 53.5. The molecule has 5 heterocycles. The van der Waals surface area contributed by atoms with Crippen molar-refractivity contribution >= 4 is 75.7 Å². The molecule has 0 saturated carbocycles. The number of ether oxygens (including phenoxy) is 1. The average Bonchev–Trinajstić information content (AvgIpc) is 3.72. The normalized spacial score (nSPS) is 17.5. The van der Waals surface area contributed by atoms with E-state index in [0.29, 0.717) is 86.6 Å². The summed E-state index contributed by atoms with van der Waals surface area (Å²) in [6.45, 7) is 12.9. The molecule has 64 heavy (non-hydrogen) atoms. The second kappa shape index (κ2) is 19.3. The molecule has 3 fully saturated rings. The van der Waals surface area contributed by atoms with Crippen molar-refractivity contribution in [2.75, 3.05) is 81.8 Å². The van der Waals surface area contributed by atoms with Crippen LogP contribution in [0.3, 0.4) is 0 Å². The number of carbonyl (C=O) groups is 3. The van der Waals surface area contributed by atoms with E-state index >= 15 is 4.39 Å². The number of rotatable bonds is 12. The van der Waals surface area contributed by atoms with Crippen LogP contribution in [0, 0.1) is 19.7 Å². The van der Waals surface area contributed by atoms with Gasteiger partial charge in [0.15, 0.2) is 0 Å². The summed E-state index contributed by atoms with van der Waals surface area (Å²) < 4.78 is 23.9. The van der Waals surface area contributed by atoms with Crippen molar-refractivity contribution in [3.63, 3.8) is 0 Å². The third kappa shape index (κ3) is 9.79. The van der Waals surface area contributed by atoms with E-state index in [1.54, 1.807) is 24.1 Å². The number of aromatic nitrogens is 4. The van der Waals surface area contributed by atoms with Gasteiger partial charge in [-0.2, -0.15) is 10.1 Å². The fourth-order valence-electron chi connectivity index (χ4n) is 9.12. The van der Waals surface area contributed by atoms with E-state index in [-0.39, 0.29) is 43.8 Å². The molecule has 17 heteroatoms. The molecule has 1 unspecified atom stereocenters. The minimum atomic E-state index is -0.519. The maximum absolute atomic E-state index is 15.4. The van der Waals surface area contributed by atoms with E-state index in [0.717, 1.165) is 39.8 Å². The Bertz CT molecular complexity index is 2570. The first-order chi connectivity index (χ1) is 30.8. The van der Waals surface area contributed by atoms with Gasteiger partial charge < -0.3 is 25.2 Å². The van der Waals surface area contributed by atoms with Crippen molar-refractivity contribution in [3.05, 3.63) is 93.6 Å². The minimum absolute atomic E-state index is 0.0299. The molecule has 0 bridgehead atoms. The number of halogens is 2. The molecule has 3 saturated heterocycles. The SMILES string of the molecule is COc1cc(N2CCN(C(=O)CN3CCC(c4ccc(C5CCC(=O)NC5=O)cc4F)CC3)CC2)c(-c2cnn(C)c2)cc1Nc1ncc(Br)c(Nc2ccc(C)c(C)c2P(C)C)n1. The second-order valence-corrected chi connectivity index (χ2v) is 20.2. The van der Waals surface area contributed by atoms with Crippen LogP contribution in [-0.2, 0) is 21.4 Å². The van der Waals surface area contributed by atoms with Crippen molar-refractivity contribution in [1.29, 1.82) is 0 Å². The van der Waals surface area contributed by atoms with Crippen LogP contribution >= 0.6 is 23.9 Å². The summed E-state index contributed by atoms with van der Waals surface area (Å²) in [6.07, 6.45) is 7.67. The molecule has 3 aromatic carbocycles. The molecule has 3 aliphatic heterocycles. The number of benzene rings is 3. The van der Waals surface area contributed by atoms with Crippen LogP contribution in [-0.4, -0.2) is 114 Å². The van der Waals surface area contributed by atoms with Gasteiger partial charge in [-0.1, -0.05) is 26.1 Å². The quantitative estimate of drug-likeness (QED) is 0.0855. The number of methoxy groups -OCH3 is 1. The first-order valence-corrected chi connectivity index (χ1v) is 24.7. The highest BCUT2D eigenvalue weighted by atomic mass is 79.9. The van der Waals surface area contributed by atoms with E-state index in [4.69, 9.17) is 9.72 Å². The Morgan fingerprint density at radius 3 is 2.41 bits per heavy atom. The lowest BCUT2D eigenvalue weighted by Gasteiger charge is -2.39. The van der Waals surface area contributed by atoms with Gasteiger partial charge in [-0.05, 0) is 122 Å². The molecule has 3 aliphatic rings. The number of carbonyl (C=O) groups excluding carboxylic acids is 3. The second-order valence-electron chi connectivity index (χ2n) is 17.1. The highest BCUT2D eigenvalue weighted by molar-refractivity contribution is 9.10. The zero-order valence-corrected chi connectivity index (χ0v) is 39.7. The molecule has 0 aliphatic carbocycles. The lowest BCUT2D eigenvalue weighted by atomic mass is 9.85. The smallest absolute Gasteiger partial charge is 0.236 e. The monoisotopic (exact) mass is 952 g/mol. The number of aryl methyl sites for hydroxylation is 2. The molecule has 3 amide bonds. The van der Waals surface area contributed by atoms with Crippen LogP contribution in [0.4, 0.5) is 33.2 Å². The number of anilines is 5. The Balaban J connectivity index is 0.916. The highest BCUT2D eigenvalue weighted by Gasteiger charge is 2.31. The van der Waals surface area contributed by atoms with E-state index in [1.165, 1.54) is 22.5 Å². The molecule has 0 radical (unpaired) electrons. The number of imide groups is 1. The summed E-state index contributed by atoms with van der Waals surface area (Å²) in [5, 5.41) is 15.1. The predicted molar refractivity (Wildman–Crippen MR) is 255 cm³/mol. The Hall–Kier alpha value is -5.44. The van der Waals surface area contributed by atoms with Gasteiger partial charge in [0, 0.05) is 85.9 Å². The number of likely N-dealkylation sites (tertiary alicyclic amines) is 1. The summed E-state index contributed by atoms with van der Waals surface area (Å²) >= 11 is 3.66. The Morgan fingerprint density at radius 2 is 1.73 bits per heavy atom.